The average Bonchev–Trinajstić information content (AvgIpc) is 2.17. The van der Waals surface area contributed by atoms with Gasteiger partial charge in [0.05, 0.1) is 6.04 Å². The maximum absolute atomic E-state index is 10.9. The van der Waals surface area contributed by atoms with Crippen molar-refractivity contribution >= 4 is 5.91 Å². The molecule has 1 saturated carbocycles. The SMILES string of the molecule is CC1CCCC(N(C)CC(N)C(N)=O)C1. The molecule has 88 valence electrons. The molecule has 0 heterocycles. The van der Waals surface area contributed by atoms with E-state index in [4.69, 9.17) is 11.5 Å². The third-order valence-corrected chi connectivity index (χ3v) is 3.38. The first-order chi connectivity index (χ1) is 7.00. The number of nitrogens with two attached hydrogens (primary N) is 2. The largest absolute Gasteiger partial charge is 0.368 e. The lowest BCUT2D eigenvalue weighted by molar-refractivity contribution is -0.119. The molecule has 3 unspecified atom stereocenters. The lowest BCUT2D eigenvalue weighted by Crippen LogP contribution is -2.48. The molecular weight excluding hydrogens is 190 g/mol. The van der Waals surface area contributed by atoms with Crippen molar-refractivity contribution in [3.05, 3.63) is 0 Å². The van der Waals surface area contributed by atoms with Crippen LogP contribution >= 0.6 is 0 Å². The molecule has 0 aliphatic heterocycles. The van der Waals surface area contributed by atoms with Gasteiger partial charge in [-0.2, -0.15) is 0 Å². The molecule has 0 radical (unpaired) electrons. The lowest BCUT2D eigenvalue weighted by atomic mass is 9.86. The molecule has 0 saturated heterocycles. The van der Waals surface area contributed by atoms with Crippen molar-refractivity contribution in [2.24, 2.45) is 17.4 Å². The van der Waals surface area contributed by atoms with Gasteiger partial charge in [0.1, 0.15) is 0 Å². The second kappa shape index (κ2) is 5.47. The number of rotatable bonds is 4. The third kappa shape index (κ3) is 3.80. The molecule has 4 heteroatoms. The zero-order valence-electron chi connectivity index (χ0n) is 9.78. The Morgan fingerprint density at radius 3 is 2.73 bits per heavy atom. The van der Waals surface area contributed by atoms with Gasteiger partial charge in [-0.15, -0.1) is 0 Å². The number of amides is 1. The minimum Gasteiger partial charge on any atom is -0.368 e. The van der Waals surface area contributed by atoms with Gasteiger partial charge in [0.15, 0.2) is 0 Å². The molecular formula is C11H23N3O. The van der Waals surface area contributed by atoms with E-state index < -0.39 is 11.9 Å². The van der Waals surface area contributed by atoms with Crippen LogP contribution in [-0.4, -0.2) is 36.5 Å². The number of hydrogen-bond acceptors (Lipinski definition) is 3. The first-order valence-electron chi connectivity index (χ1n) is 5.76. The minimum atomic E-state index is -0.535. The number of carbonyl (C=O) groups is 1. The molecule has 15 heavy (non-hydrogen) atoms. The number of hydrogen-bond donors (Lipinski definition) is 2. The van der Waals surface area contributed by atoms with Crippen LogP contribution in [0.4, 0.5) is 0 Å². The van der Waals surface area contributed by atoms with Crippen LogP contribution in [0.25, 0.3) is 0 Å². The topological polar surface area (TPSA) is 72.3 Å². The van der Waals surface area contributed by atoms with Crippen molar-refractivity contribution in [3.63, 3.8) is 0 Å². The zero-order chi connectivity index (χ0) is 11.4. The Balaban J connectivity index is 2.38. The molecule has 4 N–H and O–H groups in total. The predicted octanol–water partition coefficient (Wildman–Crippen LogP) is 0.310. The predicted molar refractivity (Wildman–Crippen MR) is 61.2 cm³/mol. The summed E-state index contributed by atoms with van der Waals surface area (Å²) >= 11 is 0. The molecule has 0 aromatic rings. The van der Waals surface area contributed by atoms with Crippen LogP contribution in [0.2, 0.25) is 0 Å². The average molecular weight is 213 g/mol. The first kappa shape index (κ1) is 12.5. The first-order valence-corrected chi connectivity index (χ1v) is 5.76. The number of likely N-dealkylation sites (N-methyl/N-ethyl adjacent to an activating group) is 1. The number of primary amides is 1. The molecule has 4 nitrogen and oxygen atoms in total. The molecule has 1 aliphatic rings. The van der Waals surface area contributed by atoms with Crippen LogP contribution in [-0.2, 0) is 4.79 Å². The fourth-order valence-corrected chi connectivity index (χ4v) is 2.35. The van der Waals surface area contributed by atoms with Crippen LogP contribution in [0.1, 0.15) is 32.6 Å². The monoisotopic (exact) mass is 213 g/mol. The highest BCUT2D eigenvalue weighted by Crippen LogP contribution is 2.26. The van der Waals surface area contributed by atoms with E-state index in [0.717, 1.165) is 5.92 Å². The molecule has 0 aromatic heterocycles. The van der Waals surface area contributed by atoms with Crippen LogP contribution in [0.15, 0.2) is 0 Å². The van der Waals surface area contributed by atoms with Crippen molar-refractivity contribution < 1.29 is 4.79 Å². The van der Waals surface area contributed by atoms with Gasteiger partial charge in [-0.05, 0) is 25.8 Å². The van der Waals surface area contributed by atoms with Crippen LogP contribution in [0.5, 0.6) is 0 Å². The highest BCUT2D eigenvalue weighted by atomic mass is 16.1. The van der Waals surface area contributed by atoms with E-state index in [1.165, 1.54) is 25.7 Å². The van der Waals surface area contributed by atoms with Gasteiger partial charge in [-0.25, -0.2) is 0 Å². The van der Waals surface area contributed by atoms with E-state index in [-0.39, 0.29) is 0 Å². The van der Waals surface area contributed by atoms with Crippen molar-refractivity contribution in [1.82, 2.24) is 4.90 Å². The molecule has 0 spiro atoms. The van der Waals surface area contributed by atoms with Crippen LogP contribution in [0.3, 0.4) is 0 Å². The van der Waals surface area contributed by atoms with E-state index in [1.54, 1.807) is 0 Å². The third-order valence-electron chi connectivity index (χ3n) is 3.38. The summed E-state index contributed by atoms with van der Waals surface area (Å²) < 4.78 is 0. The van der Waals surface area contributed by atoms with Gasteiger partial charge in [-0.1, -0.05) is 19.8 Å². The number of carbonyl (C=O) groups excluding carboxylic acids is 1. The van der Waals surface area contributed by atoms with Gasteiger partial charge in [-0.3, -0.25) is 4.79 Å². The van der Waals surface area contributed by atoms with Crippen LogP contribution < -0.4 is 11.5 Å². The van der Waals surface area contributed by atoms with E-state index in [1.807, 2.05) is 7.05 Å². The normalized spacial score (nSPS) is 29.1. The molecule has 3 atom stereocenters. The van der Waals surface area contributed by atoms with Crippen molar-refractivity contribution in [2.75, 3.05) is 13.6 Å². The quantitative estimate of drug-likeness (QED) is 0.706. The van der Waals surface area contributed by atoms with Crippen molar-refractivity contribution in [3.8, 4) is 0 Å². The fourth-order valence-electron chi connectivity index (χ4n) is 2.35. The highest BCUT2D eigenvalue weighted by Gasteiger charge is 2.24. The van der Waals surface area contributed by atoms with Crippen LogP contribution in [0, 0.1) is 5.92 Å². The molecule has 1 rings (SSSR count). The fraction of sp³-hybridized carbons (Fsp3) is 0.909. The summed E-state index contributed by atoms with van der Waals surface area (Å²) in [5.41, 5.74) is 10.8. The Kier molecular flexibility index (Phi) is 4.54. The standard InChI is InChI=1S/C11H23N3O/c1-8-4-3-5-9(6-8)14(2)7-10(12)11(13)15/h8-10H,3-7,12H2,1-2H3,(H2,13,15). The summed E-state index contributed by atoms with van der Waals surface area (Å²) in [5.74, 6) is 0.377. The molecule has 1 amide bonds. The van der Waals surface area contributed by atoms with E-state index in [2.05, 4.69) is 11.8 Å². The zero-order valence-corrected chi connectivity index (χ0v) is 9.78. The summed E-state index contributed by atoms with van der Waals surface area (Å²) in [5, 5.41) is 0. The summed E-state index contributed by atoms with van der Waals surface area (Å²) in [4.78, 5) is 13.0. The smallest absolute Gasteiger partial charge is 0.235 e. The maximum Gasteiger partial charge on any atom is 0.235 e. The molecule has 0 bridgehead atoms. The highest BCUT2D eigenvalue weighted by molar-refractivity contribution is 5.79. The van der Waals surface area contributed by atoms with Gasteiger partial charge in [0.25, 0.3) is 0 Å². The van der Waals surface area contributed by atoms with Gasteiger partial charge in [0, 0.05) is 12.6 Å². The van der Waals surface area contributed by atoms with Gasteiger partial charge >= 0.3 is 0 Å². The summed E-state index contributed by atoms with van der Waals surface area (Å²) in [6.45, 7) is 2.86. The molecule has 0 aromatic carbocycles. The maximum atomic E-state index is 10.9. The van der Waals surface area contributed by atoms with E-state index in [0.29, 0.717) is 12.6 Å². The van der Waals surface area contributed by atoms with E-state index >= 15 is 0 Å². The Morgan fingerprint density at radius 2 is 2.20 bits per heavy atom. The van der Waals surface area contributed by atoms with Gasteiger partial charge < -0.3 is 16.4 Å². The van der Waals surface area contributed by atoms with Gasteiger partial charge in [0.2, 0.25) is 5.91 Å². The summed E-state index contributed by atoms with van der Waals surface area (Å²) in [6.07, 6.45) is 5.03. The molecule has 1 fully saturated rings. The Labute approximate surface area is 92.0 Å². The summed E-state index contributed by atoms with van der Waals surface area (Å²) in [7, 11) is 2.03. The Morgan fingerprint density at radius 1 is 1.53 bits per heavy atom. The Hall–Kier alpha value is -0.610. The molecule has 1 aliphatic carbocycles. The van der Waals surface area contributed by atoms with Crippen molar-refractivity contribution in [2.45, 2.75) is 44.7 Å². The summed E-state index contributed by atoms with van der Waals surface area (Å²) in [6, 6.07) is 0.0337. The minimum absolute atomic E-state index is 0.411. The second-order valence-electron chi connectivity index (χ2n) is 4.87. The Bertz CT molecular complexity index is 220. The van der Waals surface area contributed by atoms with Crippen molar-refractivity contribution in [1.29, 1.82) is 0 Å². The second-order valence-corrected chi connectivity index (χ2v) is 4.87. The van der Waals surface area contributed by atoms with E-state index in [9.17, 15) is 4.79 Å². The number of nitrogens with zero attached hydrogens (tertiary/aromatic N) is 1. The lowest BCUT2D eigenvalue weighted by Gasteiger charge is -2.34.